The highest BCUT2D eigenvalue weighted by Gasteiger charge is 2.30. The summed E-state index contributed by atoms with van der Waals surface area (Å²) < 4.78 is 32.9. The number of aliphatic hydroxyl groups excluding tert-OH is 1. The summed E-state index contributed by atoms with van der Waals surface area (Å²) in [5.41, 5.74) is 0.462. The minimum Gasteiger partial charge on any atom is -0.490 e. The number of hydrogen-bond acceptors (Lipinski definition) is 5. The van der Waals surface area contributed by atoms with Gasteiger partial charge in [0, 0.05) is 39.3 Å². The first-order valence-electron chi connectivity index (χ1n) is 9.14. The summed E-state index contributed by atoms with van der Waals surface area (Å²) >= 11 is 0. The number of piperidine rings is 1. The Hall–Kier alpha value is -1.68. The standard InChI is InChI=1S/C18H29N3O5S/c1-4-15(22)13-19-18(23)14-6-5-7-17(12-14)26-16-8-10-21(11-9-16)27(24,25)20(2)3/h5-7,12,15-16,22H,4,8-11,13H2,1-3H3,(H,19,23)/t15-/m0/s1. The third kappa shape index (κ3) is 5.90. The Labute approximate surface area is 161 Å². The molecular weight excluding hydrogens is 370 g/mol. The van der Waals surface area contributed by atoms with Crippen LogP contribution in [0.1, 0.15) is 36.5 Å². The smallest absolute Gasteiger partial charge is 0.281 e. The minimum absolute atomic E-state index is 0.0983. The quantitative estimate of drug-likeness (QED) is 0.675. The van der Waals surface area contributed by atoms with Crippen LogP contribution in [-0.2, 0) is 10.2 Å². The average Bonchev–Trinajstić information content (AvgIpc) is 2.66. The molecule has 1 aromatic rings. The Morgan fingerprint density at radius 1 is 1.37 bits per heavy atom. The molecule has 1 aromatic carbocycles. The first-order chi connectivity index (χ1) is 12.7. The zero-order valence-electron chi connectivity index (χ0n) is 16.1. The van der Waals surface area contributed by atoms with E-state index in [1.165, 1.54) is 22.7 Å². The van der Waals surface area contributed by atoms with Crippen LogP contribution >= 0.6 is 0 Å². The van der Waals surface area contributed by atoms with E-state index in [4.69, 9.17) is 4.74 Å². The van der Waals surface area contributed by atoms with Gasteiger partial charge in [0.2, 0.25) is 0 Å². The van der Waals surface area contributed by atoms with Crippen LogP contribution in [0.5, 0.6) is 5.75 Å². The summed E-state index contributed by atoms with van der Waals surface area (Å²) in [6, 6.07) is 6.87. The molecule has 0 aliphatic carbocycles. The van der Waals surface area contributed by atoms with Crippen molar-refractivity contribution in [2.45, 2.75) is 38.4 Å². The van der Waals surface area contributed by atoms with Gasteiger partial charge in [-0.25, -0.2) is 0 Å². The number of amides is 1. The summed E-state index contributed by atoms with van der Waals surface area (Å²) in [4.78, 5) is 12.2. The summed E-state index contributed by atoms with van der Waals surface area (Å²) in [6.45, 7) is 2.86. The summed E-state index contributed by atoms with van der Waals surface area (Å²) in [6.07, 6.45) is 1.10. The lowest BCUT2D eigenvalue weighted by Gasteiger charge is -2.32. The zero-order valence-corrected chi connectivity index (χ0v) is 16.9. The van der Waals surface area contributed by atoms with E-state index in [1.807, 2.05) is 6.92 Å². The molecule has 1 atom stereocenters. The number of rotatable bonds is 8. The number of aliphatic hydroxyl groups is 1. The van der Waals surface area contributed by atoms with Crippen molar-refractivity contribution < 1.29 is 23.1 Å². The number of benzene rings is 1. The van der Waals surface area contributed by atoms with Crippen molar-refractivity contribution >= 4 is 16.1 Å². The second-order valence-electron chi connectivity index (χ2n) is 6.81. The molecule has 1 aliphatic rings. The number of hydrogen-bond donors (Lipinski definition) is 2. The fraction of sp³-hybridized carbons (Fsp3) is 0.611. The lowest BCUT2D eigenvalue weighted by Crippen LogP contribution is -2.46. The predicted octanol–water partition coefficient (Wildman–Crippen LogP) is 0.837. The van der Waals surface area contributed by atoms with Crippen molar-refractivity contribution in [1.82, 2.24) is 13.9 Å². The molecule has 27 heavy (non-hydrogen) atoms. The molecule has 1 amide bonds. The van der Waals surface area contributed by atoms with Crippen LogP contribution < -0.4 is 10.1 Å². The summed E-state index contributed by atoms with van der Waals surface area (Å²) in [7, 11) is -0.349. The van der Waals surface area contributed by atoms with Crippen LogP contribution in [0.25, 0.3) is 0 Å². The second-order valence-corrected chi connectivity index (χ2v) is 8.95. The predicted molar refractivity (Wildman–Crippen MR) is 103 cm³/mol. The van der Waals surface area contributed by atoms with Crippen molar-refractivity contribution in [2.75, 3.05) is 33.7 Å². The molecule has 0 bridgehead atoms. The molecule has 2 N–H and O–H groups in total. The Morgan fingerprint density at radius 2 is 2.04 bits per heavy atom. The van der Waals surface area contributed by atoms with Gasteiger partial charge in [0.1, 0.15) is 11.9 Å². The molecule has 1 aliphatic heterocycles. The van der Waals surface area contributed by atoms with Gasteiger partial charge in [0.15, 0.2) is 0 Å². The van der Waals surface area contributed by atoms with E-state index in [-0.39, 0.29) is 18.6 Å². The van der Waals surface area contributed by atoms with Gasteiger partial charge in [-0.1, -0.05) is 13.0 Å². The molecule has 0 aromatic heterocycles. The molecule has 1 heterocycles. The Morgan fingerprint density at radius 3 is 2.63 bits per heavy atom. The molecule has 1 fully saturated rings. The molecule has 0 saturated carbocycles. The maximum Gasteiger partial charge on any atom is 0.281 e. The van der Waals surface area contributed by atoms with Crippen LogP contribution in [0.15, 0.2) is 24.3 Å². The van der Waals surface area contributed by atoms with Crippen LogP contribution in [-0.4, -0.2) is 74.0 Å². The highest BCUT2D eigenvalue weighted by atomic mass is 32.2. The molecule has 0 radical (unpaired) electrons. The van der Waals surface area contributed by atoms with Gasteiger partial charge in [-0.2, -0.15) is 17.0 Å². The maximum absolute atomic E-state index is 12.2. The van der Waals surface area contributed by atoms with Gasteiger partial charge in [-0.05, 0) is 37.5 Å². The van der Waals surface area contributed by atoms with E-state index in [0.29, 0.717) is 43.7 Å². The zero-order chi connectivity index (χ0) is 20.0. The van der Waals surface area contributed by atoms with Gasteiger partial charge in [0.25, 0.3) is 16.1 Å². The van der Waals surface area contributed by atoms with Crippen LogP contribution in [0, 0.1) is 0 Å². The van der Waals surface area contributed by atoms with Crippen molar-refractivity contribution in [3.8, 4) is 5.75 Å². The molecule has 0 unspecified atom stereocenters. The number of ether oxygens (including phenoxy) is 1. The van der Waals surface area contributed by atoms with Gasteiger partial charge in [-0.15, -0.1) is 0 Å². The SMILES string of the molecule is CC[C@H](O)CNC(=O)c1cccc(OC2CCN(S(=O)(=O)N(C)C)CC2)c1. The molecule has 8 nitrogen and oxygen atoms in total. The largest absolute Gasteiger partial charge is 0.490 e. The van der Waals surface area contributed by atoms with Crippen molar-refractivity contribution in [3.63, 3.8) is 0 Å². The molecule has 9 heteroatoms. The van der Waals surface area contributed by atoms with Crippen LogP contribution in [0.4, 0.5) is 0 Å². The molecule has 0 spiro atoms. The van der Waals surface area contributed by atoms with E-state index in [1.54, 1.807) is 24.3 Å². The third-order valence-electron chi connectivity index (χ3n) is 4.56. The van der Waals surface area contributed by atoms with Gasteiger partial charge < -0.3 is 15.2 Å². The van der Waals surface area contributed by atoms with Crippen molar-refractivity contribution in [1.29, 1.82) is 0 Å². The van der Waals surface area contributed by atoms with E-state index in [0.717, 1.165) is 0 Å². The van der Waals surface area contributed by atoms with Crippen LogP contribution in [0.3, 0.4) is 0 Å². The van der Waals surface area contributed by atoms with E-state index in [9.17, 15) is 18.3 Å². The number of nitrogens with zero attached hydrogens (tertiary/aromatic N) is 2. The Bertz CT molecular complexity index is 730. The first-order valence-corrected chi connectivity index (χ1v) is 10.5. The Balaban J connectivity index is 1.91. The van der Waals surface area contributed by atoms with Crippen LogP contribution in [0.2, 0.25) is 0 Å². The maximum atomic E-state index is 12.2. The highest BCUT2D eigenvalue weighted by Crippen LogP contribution is 2.22. The minimum atomic E-state index is -3.39. The van der Waals surface area contributed by atoms with Gasteiger partial charge >= 0.3 is 0 Å². The molecule has 152 valence electrons. The summed E-state index contributed by atoms with van der Waals surface area (Å²) in [5.74, 6) is 0.312. The lowest BCUT2D eigenvalue weighted by atomic mass is 10.1. The average molecular weight is 400 g/mol. The van der Waals surface area contributed by atoms with Gasteiger partial charge in [-0.3, -0.25) is 4.79 Å². The number of carbonyl (C=O) groups is 1. The van der Waals surface area contributed by atoms with Crippen molar-refractivity contribution in [3.05, 3.63) is 29.8 Å². The van der Waals surface area contributed by atoms with Crippen molar-refractivity contribution in [2.24, 2.45) is 0 Å². The molecule has 1 saturated heterocycles. The number of nitrogens with one attached hydrogen (secondary N) is 1. The normalized spacial score (nSPS) is 17.7. The highest BCUT2D eigenvalue weighted by molar-refractivity contribution is 7.86. The monoisotopic (exact) mass is 399 g/mol. The fourth-order valence-corrected chi connectivity index (χ4v) is 3.91. The van der Waals surface area contributed by atoms with E-state index in [2.05, 4.69) is 5.32 Å². The lowest BCUT2D eigenvalue weighted by molar-refractivity contribution is 0.0912. The van der Waals surface area contributed by atoms with Gasteiger partial charge in [0.05, 0.1) is 6.10 Å². The number of carbonyl (C=O) groups excluding carboxylic acids is 1. The first kappa shape index (κ1) is 21.6. The van der Waals surface area contributed by atoms with E-state index < -0.39 is 16.3 Å². The Kier molecular flexibility index (Phi) is 7.60. The second kappa shape index (κ2) is 9.50. The molecule has 2 rings (SSSR count). The van der Waals surface area contributed by atoms with E-state index >= 15 is 0 Å². The summed E-state index contributed by atoms with van der Waals surface area (Å²) in [5, 5.41) is 12.2. The topological polar surface area (TPSA) is 99.2 Å². The molecular formula is C18H29N3O5S. The third-order valence-corrected chi connectivity index (χ3v) is 6.50. The fourth-order valence-electron chi connectivity index (χ4n) is 2.77.